The zero-order chi connectivity index (χ0) is 21.9. The van der Waals surface area contributed by atoms with E-state index in [9.17, 15) is 0 Å². The largest absolute Gasteiger partial charge is 0.494 e. The van der Waals surface area contributed by atoms with Crippen LogP contribution in [0.15, 0.2) is 52.0 Å². The molecular weight excluding hydrogens is 521 g/mol. The van der Waals surface area contributed by atoms with Gasteiger partial charge >= 0.3 is 0 Å². The van der Waals surface area contributed by atoms with Crippen LogP contribution in [0.4, 0.5) is 0 Å². The Balaban J connectivity index is 0.00000363. The Morgan fingerprint density at radius 3 is 2.72 bits per heavy atom. The van der Waals surface area contributed by atoms with E-state index in [0.29, 0.717) is 37.4 Å². The predicted molar refractivity (Wildman–Crippen MR) is 137 cm³/mol. The van der Waals surface area contributed by atoms with Crippen molar-refractivity contribution in [2.75, 3.05) is 26.3 Å². The van der Waals surface area contributed by atoms with Crippen molar-refractivity contribution in [3.8, 4) is 5.75 Å². The number of benzene rings is 2. The van der Waals surface area contributed by atoms with E-state index < -0.39 is 0 Å². The van der Waals surface area contributed by atoms with E-state index >= 15 is 0 Å². The Bertz CT molecular complexity index is 979. The van der Waals surface area contributed by atoms with E-state index in [1.165, 1.54) is 10.8 Å². The van der Waals surface area contributed by atoms with Gasteiger partial charge in [-0.1, -0.05) is 35.5 Å². The topological polar surface area (TPSA) is 93.8 Å². The fourth-order valence-corrected chi connectivity index (χ4v) is 3.04. The van der Waals surface area contributed by atoms with Gasteiger partial charge in [-0.25, -0.2) is 4.99 Å². The van der Waals surface area contributed by atoms with Gasteiger partial charge in [0.05, 0.1) is 6.61 Å². The van der Waals surface area contributed by atoms with E-state index in [4.69, 9.17) is 14.0 Å². The van der Waals surface area contributed by atoms with E-state index in [0.717, 1.165) is 25.3 Å². The highest BCUT2D eigenvalue weighted by Gasteiger charge is 2.13. The minimum atomic E-state index is -0.194. The molecule has 1 unspecified atom stereocenters. The van der Waals surface area contributed by atoms with Gasteiger partial charge in [-0.05, 0) is 50.1 Å². The first-order valence-corrected chi connectivity index (χ1v) is 10.8. The second-order valence-corrected chi connectivity index (χ2v) is 6.98. The van der Waals surface area contributed by atoms with Crippen molar-refractivity contribution in [1.82, 2.24) is 20.8 Å². The first-order valence-electron chi connectivity index (χ1n) is 10.8. The number of aliphatic imine (C=N–C) groups is 1. The van der Waals surface area contributed by atoms with Crippen LogP contribution < -0.4 is 15.4 Å². The number of aromatic nitrogens is 2. The summed E-state index contributed by atoms with van der Waals surface area (Å²) >= 11 is 0. The van der Waals surface area contributed by atoms with Gasteiger partial charge in [-0.3, -0.25) is 0 Å². The maximum atomic E-state index is 5.88. The summed E-state index contributed by atoms with van der Waals surface area (Å²) < 4.78 is 16.6. The van der Waals surface area contributed by atoms with Crippen LogP contribution in [0.25, 0.3) is 10.8 Å². The summed E-state index contributed by atoms with van der Waals surface area (Å²) in [5.41, 5.74) is 0. The Morgan fingerprint density at radius 2 is 1.94 bits per heavy atom. The van der Waals surface area contributed by atoms with Crippen molar-refractivity contribution in [2.45, 2.75) is 39.8 Å². The Kier molecular flexibility index (Phi) is 11.2. The molecule has 0 aliphatic carbocycles. The molecule has 0 spiro atoms. The molecular formula is C23H32IN5O3. The van der Waals surface area contributed by atoms with Crippen LogP contribution in [0, 0.1) is 0 Å². The van der Waals surface area contributed by atoms with Gasteiger partial charge in [0.2, 0.25) is 5.89 Å². The SMILES string of the molecule is CCNC(=NCc1nc(C(C)OCC)no1)NCCCOc1ccc2ccccc2c1.I. The van der Waals surface area contributed by atoms with Crippen molar-refractivity contribution in [3.63, 3.8) is 0 Å². The summed E-state index contributed by atoms with van der Waals surface area (Å²) in [7, 11) is 0. The monoisotopic (exact) mass is 553 g/mol. The molecule has 2 aromatic carbocycles. The molecule has 0 saturated heterocycles. The first-order chi connectivity index (χ1) is 15.2. The molecule has 0 aliphatic rings. The summed E-state index contributed by atoms with van der Waals surface area (Å²) in [4.78, 5) is 8.85. The van der Waals surface area contributed by atoms with Gasteiger partial charge in [0.25, 0.3) is 0 Å². The third kappa shape index (κ3) is 7.94. The summed E-state index contributed by atoms with van der Waals surface area (Å²) in [6.07, 6.45) is 0.647. The van der Waals surface area contributed by atoms with Gasteiger partial charge in [0.1, 0.15) is 18.4 Å². The standard InChI is InChI=1S/C23H31N5O3.HI/c1-4-24-23(26-16-21-27-22(28-31-21)17(3)29-5-2)25-13-8-14-30-20-12-11-18-9-6-7-10-19(18)15-20;/h6-7,9-12,15,17H,4-5,8,13-14,16H2,1-3H3,(H2,24,25,26);1H. The number of fused-ring (bicyclic) bond motifs is 1. The van der Waals surface area contributed by atoms with E-state index in [1.54, 1.807) is 0 Å². The van der Waals surface area contributed by atoms with Gasteiger partial charge in [0, 0.05) is 19.7 Å². The van der Waals surface area contributed by atoms with Gasteiger partial charge in [-0.2, -0.15) is 4.98 Å². The predicted octanol–water partition coefficient (Wildman–Crippen LogP) is 4.46. The molecule has 0 radical (unpaired) electrons. The normalized spacial score (nSPS) is 12.3. The highest BCUT2D eigenvalue weighted by atomic mass is 127. The Labute approximate surface area is 206 Å². The van der Waals surface area contributed by atoms with Crippen LogP contribution in [0.3, 0.4) is 0 Å². The third-order valence-corrected chi connectivity index (χ3v) is 4.58. The summed E-state index contributed by atoms with van der Waals surface area (Å²) in [5, 5.41) is 12.9. The number of halogens is 1. The molecule has 32 heavy (non-hydrogen) atoms. The Morgan fingerprint density at radius 1 is 1.12 bits per heavy atom. The summed E-state index contributed by atoms with van der Waals surface area (Å²) in [6, 6.07) is 14.4. The molecule has 0 aliphatic heterocycles. The lowest BCUT2D eigenvalue weighted by molar-refractivity contribution is 0.0683. The average molecular weight is 553 g/mol. The minimum Gasteiger partial charge on any atom is -0.494 e. The molecule has 1 atom stereocenters. The number of hydrogen-bond donors (Lipinski definition) is 2. The molecule has 9 heteroatoms. The van der Waals surface area contributed by atoms with Crippen molar-refractivity contribution in [1.29, 1.82) is 0 Å². The molecule has 3 rings (SSSR count). The second kappa shape index (κ2) is 13.9. The van der Waals surface area contributed by atoms with Crippen LogP contribution in [-0.2, 0) is 11.3 Å². The van der Waals surface area contributed by atoms with Crippen molar-refractivity contribution < 1.29 is 14.0 Å². The van der Waals surface area contributed by atoms with Crippen LogP contribution in [0.1, 0.15) is 45.0 Å². The molecule has 0 fully saturated rings. The molecule has 0 bridgehead atoms. The molecule has 0 saturated carbocycles. The lowest BCUT2D eigenvalue weighted by Gasteiger charge is -2.11. The van der Waals surface area contributed by atoms with Crippen LogP contribution >= 0.6 is 24.0 Å². The third-order valence-electron chi connectivity index (χ3n) is 4.58. The number of guanidine groups is 1. The van der Waals surface area contributed by atoms with Gasteiger partial charge in [0.15, 0.2) is 11.8 Å². The summed E-state index contributed by atoms with van der Waals surface area (Å²) in [5.74, 6) is 2.58. The molecule has 174 valence electrons. The number of rotatable bonds is 11. The number of ether oxygens (including phenoxy) is 2. The minimum absolute atomic E-state index is 0. The average Bonchev–Trinajstić information content (AvgIpc) is 3.26. The second-order valence-electron chi connectivity index (χ2n) is 6.98. The van der Waals surface area contributed by atoms with E-state index in [-0.39, 0.29) is 30.1 Å². The number of hydrogen-bond acceptors (Lipinski definition) is 6. The summed E-state index contributed by atoms with van der Waals surface area (Å²) in [6.45, 7) is 8.86. The molecule has 1 aromatic heterocycles. The van der Waals surface area contributed by atoms with E-state index in [2.05, 4.69) is 50.0 Å². The zero-order valence-electron chi connectivity index (χ0n) is 18.8. The smallest absolute Gasteiger partial charge is 0.248 e. The fraction of sp³-hybridized carbons (Fsp3) is 0.435. The van der Waals surface area contributed by atoms with E-state index in [1.807, 2.05) is 39.0 Å². The fourth-order valence-electron chi connectivity index (χ4n) is 3.04. The Hall–Kier alpha value is -2.40. The number of nitrogens with zero attached hydrogens (tertiary/aromatic N) is 3. The van der Waals surface area contributed by atoms with Crippen LogP contribution in [0.5, 0.6) is 5.75 Å². The van der Waals surface area contributed by atoms with Crippen LogP contribution in [0.2, 0.25) is 0 Å². The molecule has 0 amide bonds. The lowest BCUT2D eigenvalue weighted by Crippen LogP contribution is -2.38. The quantitative estimate of drug-likeness (QED) is 0.157. The molecule has 2 N–H and O–H groups in total. The highest BCUT2D eigenvalue weighted by molar-refractivity contribution is 14.0. The van der Waals surface area contributed by atoms with Gasteiger partial charge < -0.3 is 24.6 Å². The van der Waals surface area contributed by atoms with Gasteiger partial charge in [-0.15, -0.1) is 24.0 Å². The molecule has 8 nitrogen and oxygen atoms in total. The number of nitrogens with one attached hydrogen (secondary N) is 2. The van der Waals surface area contributed by atoms with Crippen LogP contribution in [-0.4, -0.2) is 42.4 Å². The first kappa shape index (κ1) is 25.9. The maximum absolute atomic E-state index is 5.88. The zero-order valence-corrected chi connectivity index (χ0v) is 21.2. The highest BCUT2D eigenvalue weighted by Crippen LogP contribution is 2.20. The molecule has 3 aromatic rings. The van der Waals surface area contributed by atoms with Crippen molar-refractivity contribution >= 4 is 40.7 Å². The lowest BCUT2D eigenvalue weighted by atomic mass is 10.1. The van der Waals surface area contributed by atoms with Crippen molar-refractivity contribution in [2.24, 2.45) is 4.99 Å². The maximum Gasteiger partial charge on any atom is 0.248 e. The van der Waals surface area contributed by atoms with Crippen molar-refractivity contribution in [3.05, 3.63) is 54.2 Å². The molecule has 1 heterocycles.